The summed E-state index contributed by atoms with van der Waals surface area (Å²) in [5.74, 6) is 0. The monoisotopic (exact) mass is 361 g/mol. The molecule has 0 radical (unpaired) electrons. The lowest BCUT2D eigenvalue weighted by Crippen LogP contribution is -2.32. The molecule has 0 aliphatic rings. The zero-order valence-corrected chi connectivity index (χ0v) is 14.0. The fourth-order valence-corrected chi connectivity index (χ4v) is 2.46. The summed E-state index contributed by atoms with van der Waals surface area (Å²) in [4.78, 5) is 0. The lowest BCUT2D eigenvalue weighted by atomic mass is 10.1. The number of hydrazone groups is 1. The molecule has 3 nitrogen and oxygen atoms in total. The van der Waals surface area contributed by atoms with Crippen LogP contribution in [-0.2, 0) is 6.54 Å². The predicted octanol–water partition coefficient (Wildman–Crippen LogP) is 3.84. The van der Waals surface area contributed by atoms with Gasteiger partial charge in [0, 0.05) is 16.6 Å². The van der Waals surface area contributed by atoms with Gasteiger partial charge in [0.15, 0.2) is 5.11 Å². The van der Waals surface area contributed by atoms with Gasteiger partial charge < -0.3 is 5.32 Å². The Morgan fingerprint density at radius 2 is 1.76 bits per heavy atom. The summed E-state index contributed by atoms with van der Waals surface area (Å²) in [7, 11) is 0. The number of benzene rings is 2. The molecule has 0 aromatic heterocycles. The molecular weight excluding hydrogens is 346 g/mol. The Morgan fingerprint density at radius 3 is 2.48 bits per heavy atom. The molecule has 108 valence electrons. The molecule has 0 heterocycles. The van der Waals surface area contributed by atoms with E-state index in [1.807, 2.05) is 61.5 Å². The summed E-state index contributed by atoms with van der Waals surface area (Å²) in [6.07, 6.45) is 0. The van der Waals surface area contributed by atoms with E-state index < -0.39 is 0 Å². The second-order valence-corrected chi connectivity index (χ2v) is 5.72. The van der Waals surface area contributed by atoms with Gasteiger partial charge in [0.2, 0.25) is 0 Å². The van der Waals surface area contributed by atoms with Crippen LogP contribution >= 0.6 is 28.1 Å². The Labute approximate surface area is 138 Å². The van der Waals surface area contributed by atoms with Crippen LogP contribution in [0, 0.1) is 0 Å². The molecule has 21 heavy (non-hydrogen) atoms. The van der Waals surface area contributed by atoms with Crippen LogP contribution in [0.15, 0.2) is 64.2 Å². The van der Waals surface area contributed by atoms with E-state index in [-0.39, 0.29) is 0 Å². The minimum atomic E-state index is 0.505. The molecule has 2 aromatic rings. The fourth-order valence-electron chi connectivity index (χ4n) is 1.77. The van der Waals surface area contributed by atoms with E-state index in [0.717, 1.165) is 15.7 Å². The summed E-state index contributed by atoms with van der Waals surface area (Å²) in [5.41, 5.74) is 5.94. The van der Waals surface area contributed by atoms with Crippen LogP contribution in [0.4, 0.5) is 0 Å². The number of hydrogen-bond donors (Lipinski definition) is 2. The molecule has 2 rings (SSSR count). The maximum absolute atomic E-state index is 5.21. The molecule has 0 spiro atoms. The van der Waals surface area contributed by atoms with Gasteiger partial charge in [0.05, 0.1) is 5.71 Å². The Balaban J connectivity index is 1.88. The molecule has 5 heteroatoms. The van der Waals surface area contributed by atoms with Crippen LogP contribution in [0.1, 0.15) is 18.1 Å². The van der Waals surface area contributed by atoms with Gasteiger partial charge in [-0.05, 0) is 30.8 Å². The van der Waals surface area contributed by atoms with Crippen LogP contribution < -0.4 is 10.7 Å². The molecular formula is C16H16BrN3S. The Morgan fingerprint density at radius 1 is 1.10 bits per heavy atom. The highest BCUT2D eigenvalue weighted by Crippen LogP contribution is 2.16. The fraction of sp³-hybridized carbons (Fsp3) is 0.125. The molecule has 0 aliphatic carbocycles. The molecule has 2 N–H and O–H groups in total. The Bertz CT molecular complexity index is 641. The predicted molar refractivity (Wildman–Crippen MR) is 95.4 cm³/mol. The first-order valence-corrected chi connectivity index (χ1v) is 7.74. The molecule has 0 atom stereocenters. The highest BCUT2D eigenvalue weighted by molar-refractivity contribution is 9.10. The third-order valence-electron chi connectivity index (χ3n) is 2.88. The van der Waals surface area contributed by atoms with Crippen molar-refractivity contribution in [3.8, 4) is 0 Å². The van der Waals surface area contributed by atoms with Crippen molar-refractivity contribution in [2.24, 2.45) is 5.10 Å². The van der Waals surface area contributed by atoms with Crippen LogP contribution in [0.25, 0.3) is 0 Å². The van der Waals surface area contributed by atoms with Gasteiger partial charge in [-0.2, -0.15) is 5.10 Å². The van der Waals surface area contributed by atoms with Crippen molar-refractivity contribution < 1.29 is 0 Å². The summed E-state index contributed by atoms with van der Waals surface area (Å²) < 4.78 is 1.01. The highest BCUT2D eigenvalue weighted by atomic mass is 79.9. The van der Waals surface area contributed by atoms with E-state index >= 15 is 0 Å². The molecule has 2 aromatic carbocycles. The second kappa shape index (κ2) is 7.90. The van der Waals surface area contributed by atoms with Gasteiger partial charge in [-0.1, -0.05) is 64.5 Å². The van der Waals surface area contributed by atoms with Crippen LogP contribution in [0.2, 0.25) is 0 Å². The van der Waals surface area contributed by atoms with Crippen LogP contribution in [-0.4, -0.2) is 10.8 Å². The second-order valence-electron chi connectivity index (χ2n) is 4.46. The van der Waals surface area contributed by atoms with Gasteiger partial charge in [-0.3, -0.25) is 5.43 Å². The number of nitrogens with zero attached hydrogens (tertiary/aromatic N) is 1. The normalized spacial score (nSPS) is 11.0. The molecule has 0 saturated carbocycles. The maximum Gasteiger partial charge on any atom is 0.187 e. The Kier molecular flexibility index (Phi) is 5.90. The van der Waals surface area contributed by atoms with Gasteiger partial charge in [0.25, 0.3) is 0 Å². The average Bonchev–Trinajstić information content (AvgIpc) is 2.52. The smallest absolute Gasteiger partial charge is 0.187 e. The standard InChI is InChI=1S/C16H16BrN3S/c1-12(14-9-5-6-10-15(14)17)19-20-16(21)18-11-13-7-3-2-4-8-13/h2-10H,11H2,1H3,(H2,18,20,21)/b19-12-. The van der Waals surface area contributed by atoms with Crippen molar-refractivity contribution >= 4 is 39.0 Å². The largest absolute Gasteiger partial charge is 0.357 e. The molecule has 0 unspecified atom stereocenters. The lowest BCUT2D eigenvalue weighted by Gasteiger charge is -2.08. The summed E-state index contributed by atoms with van der Waals surface area (Å²) in [5, 5.41) is 7.93. The van der Waals surface area contributed by atoms with Crippen molar-refractivity contribution in [2.75, 3.05) is 0 Å². The van der Waals surface area contributed by atoms with Gasteiger partial charge in [0.1, 0.15) is 0 Å². The van der Waals surface area contributed by atoms with E-state index in [2.05, 4.69) is 31.8 Å². The number of rotatable bonds is 4. The van der Waals surface area contributed by atoms with E-state index in [9.17, 15) is 0 Å². The molecule has 0 aliphatic heterocycles. The Hall–Kier alpha value is -1.72. The topological polar surface area (TPSA) is 36.4 Å². The average molecular weight is 362 g/mol. The van der Waals surface area contributed by atoms with Crippen molar-refractivity contribution in [1.29, 1.82) is 0 Å². The number of hydrogen-bond acceptors (Lipinski definition) is 2. The SMILES string of the molecule is C/C(=N/NC(=S)NCc1ccccc1)c1ccccc1Br. The van der Waals surface area contributed by atoms with Crippen LogP contribution in [0.5, 0.6) is 0 Å². The zero-order valence-electron chi connectivity index (χ0n) is 11.6. The van der Waals surface area contributed by atoms with E-state index in [1.54, 1.807) is 0 Å². The van der Waals surface area contributed by atoms with E-state index in [0.29, 0.717) is 11.7 Å². The quantitative estimate of drug-likeness (QED) is 0.493. The molecule has 0 bridgehead atoms. The van der Waals surface area contributed by atoms with Gasteiger partial charge >= 0.3 is 0 Å². The van der Waals surface area contributed by atoms with Crippen molar-refractivity contribution in [3.05, 3.63) is 70.2 Å². The molecule has 0 fully saturated rings. The molecule has 0 amide bonds. The minimum Gasteiger partial charge on any atom is -0.357 e. The zero-order chi connectivity index (χ0) is 15.1. The minimum absolute atomic E-state index is 0.505. The summed E-state index contributed by atoms with van der Waals surface area (Å²) >= 11 is 8.72. The van der Waals surface area contributed by atoms with E-state index in [1.165, 1.54) is 5.56 Å². The van der Waals surface area contributed by atoms with Crippen molar-refractivity contribution in [1.82, 2.24) is 10.7 Å². The third-order valence-corrected chi connectivity index (χ3v) is 3.81. The van der Waals surface area contributed by atoms with E-state index in [4.69, 9.17) is 12.2 Å². The number of thiocarbonyl (C=S) groups is 1. The first kappa shape index (κ1) is 15.7. The number of nitrogens with one attached hydrogen (secondary N) is 2. The first-order valence-electron chi connectivity index (χ1n) is 6.54. The molecule has 0 saturated heterocycles. The maximum atomic E-state index is 5.21. The first-order chi connectivity index (χ1) is 10.2. The van der Waals surface area contributed by atoms with Crippen molar-refractivity contribution in [3.63, 3.8) is 0 Å². The summed E-state index contributed by atoms with van der Waals surface area (Å²) in [6, 6.07) is 18.0. The highest BCUT2D eigenvalue weighted by Gasteiger charge is 2.02. The van der Waals surface area contributed by atoms with Crippen LogP contribution in [0.3, 0.4) is 0 Å². The lowest BCUT2D eigenvalue weighted by molar-refractivity contribution is 0.866. The number of halogens is 1. The summed E-state index contributed by atoms with van der Waals surface area (Å²) in [6.45, 7) is 2.61. The van der Waals surface area contributed by atoms with Gasteiger partial charge in [-0.25, -0.2) is 0 Å². The van der Waals surface area contributed by atoms with Crippen molar-refractivity contribution in [2.45, 2.75) is 13.5 Å². The van der Waals surface area contributed by atoms with Gasteiger partial charge in [-0.15, -0.1) is 0 Å². The third kappa shape index (κ3) is 4.95.